The average Bonchev–Trinajstić information content (AvgIpc) is 2.86. The predicted molar refractivity (Wildman–Crippen MR) is 87.3 cm³/mol. The third kappa shape index (κ3) is 2.27. The second kappa shape index (κ2) is 5.42. The molecule has 2 aromatic rings. The highest BCUT2D eigenvalue weighted by Gasteiger charge is 2.53. The average molecular weight is 441 g/mol. The van der Waals surface area contributed by atoms with Gasteiger partial charge < -0.3 is 30.4 Å². The highest BCUT2D eigenvalue weighted by molar-refractivity contribution is 14.1. The van der Waals surface area contributed by atoms with Crippen LogP contribution >= 0.6 is 34.2 Å². The van der Waals surface area contributed by atoms with Crippen molar-refractivity contribution in [1.82, 2.24) is 14.5 Å². The normalized spacial score (nSPS) is 32.0. The van der Waals surface area contributed by atoms with Gasteiger partial charge in [0.15, 0.2) is 6.23 Å². The molecule has 1 aliphatic heterocycles. The molecule has 1 aliphatic rings. The van der Waals surface area contributed by atoms with Gasteiger partial charge in [-0.25, -0.2) is 4.98 Å². The lowest BCUT2D eigenvalue weighted by Crippen LogP contribution is -2.44. The predicted octanol–water partition coefficient (Wildman–Crippen LogP) is 0.273. The number of hydrogen-bond donors (Lipinski definition) is 4. The van der Waals surface area contributed by atoms with E-state index in [1.54, 1.807) is 10.8 Å². The van der Waals surface area contributed by atoms with Gasteiger partial charge in [0, 0.05) is 9.77 Å². The van der Waals surface area contributed by atoms with Crippen LogP contribution in [0.5, 0.6) is 0 Å². The van der Waals surface area contributed by atoms with E-state index in [9.17, 15) is 15.3 Å². The summed E-state index contributed by atoms with van der Waals surface area (Å²) in [6, 6.07) is 0. The van der Waals surface area contributed by atoms with Gasteiger partial charge in [-0.15, -0.1) is 0 Å². The van der Waals surface area contributed by atoms with E-state index >= 15 is 0 Å². The largest absolute Gasteiger partial charge is 0.394 e. The van der Waals surface area contributed by atoms with Crippen LogP contribution in [-0.4, -0.2) is 54.3 Å². The summed E-state index contributed by atoms with van der Waals surface area (Å²) in [7, 11) is 0. The lowest BCUT2D eigenvalue weighted by atomic mass is 9.96. The first-order valence-electron chi connectivity index (χ1n) is 6.43. The Morgan fingerprint density at radius 1 is 1.55 bits per heavy atom. The zero-order chi connectivity index (χ0) is 16.2. The molecular weight excluding hydrogens is 427 g/mol. The number of halogens is 2. The molecule has 0 aliphatic carbocycles. The van der Waals surface area contributed by atoms with E-state index in [1.807, 2.05) is 0 Å². The molecule has 0 bridgehead atoms. The van der Waals surface area contributed by atoms with Crippen LogP contribution in [0.1, 0.15) is 13.2 Å². The van der Waals surface area contributed by atoms with Crippen LogP contribution < -0.4 is 5.73 Å². The summed E-state index contributed by atoms with van der Waals surface area (Å²) in [5, 5.41) is 30.7. The molecule has 22 heavy (non-hydrogen) atoms. The fourth-order valence-corrected chi connectivity index (χ4v) is 3.88. The van der Waals surface area contributed by atoms with Gasteiger partial charge in [0.25, 0.3) is 0 Å². The van der Waals surface area contributed by atoms with Crippen LogP contribution in [-0.2, 0) is 4.74 Å². The molecule has 0 saturated carbocycles. The summed E-state index contributed by atoms with van der Waals surface area (Å²) in [5.74, 6) is -0.00912. The lowest BCUT2D eigenvalue weighted by Gasteiger charge is -2.27. The first kappa shape index (κ1) is 16.1. The van der Waals surface area contributed by atoms with Crippen LogP contribution in [0.15, 0.2) is 6.20 Å². The van der Waals surface area contributed by atoms with Crippen molar-refractivity contribution in [1.29, 1.82) is 0 Å². The van der Waals surface area contributed by atoms with Gasteiger partial charge in [0.1, 0.15) is 28.6 Å². The third-order valence-corrected chi connectivity index (χ3v) is 4.88. The van der Waals surface area contributed by atoms with Crippen molar-refractivity contribution in [2.75, 3.05) is 12.3 Å². The molecule has 10 heteroatoms. The first-order valence-corrected chi connectivity index (χ1v) is 7.88. The zero-order valence-corrected chi connectivity index (χ0v) is 14.4. The summed E-state index contributed by atoms with van der Waals surface area (Å²) < 4.78 is 7.88. The standard InChI is InChI=1S/C12H14ClIN4O4/c1-12(21)7(20)5(3-19)22-10(12)18-2-4(14)6-8(13)16-11(15)17-9(6)18/h2,5,7,10,19-21H,3H2,1H3,(H2,15,16,17). The van der Waals surface area contributed by atoms with Crippen molar-refractivity contribution < 1.29 is 20.1 Å². The fraction of sp³-hybridized carbons (Fsp3) is 0.500. The molecule has 4 unspecified atom stereocenters. The monoisotopic (exact) mass is 440 g/mol. The summed E-state index contributed by atoms with van der Waals surface area (Å²) in [6.45, 7) is 1.02. The van der Waals surface area contributed by atoms with Crippen molar-refractivity contribution in [2.45, 2.75) is 31.0 Å². The number of aliphatic hydroxyl groups excluding tert-OH is 2. The fourth-order valence-electron chi connectivity index (χ4n) is 2.65. The molecule has 2 aromatic heterocycles. The third-order valence-electron chi connectivity index (χ3n) is 3.79. The molecule has 8 nitrogen and oxygen atoms in total. The van der Waals surface area contributed by atoms with E-state index in [2.05, 4.69) is 32.6 Å². The van der Waals surface area contributed by atoms with Crippen molar-refractivity contribution in [3.8, 4) is 0 Å². The quantitative estimate of drug-likeness (QED) is 0.390. The zero-order valence-electron chi connectivity index (χ0n) is 11.4. The van der Waals surface area contributed by atoms with Gasteiger partial charge in [-0.1, -0.05) is 11.6 Å². The maximum Gasteiger partial charge on any atom is 0.223 e. The number of anilines is 1. The molecule has 0 spiro atoms. The summed E-state index contributed by atoms with van der Waals surface area (Å²) in [6.07, 6.45) is -1.41. The molecule has 1 saturated heterocycles. The Labute approximate surface area is 144 Å². The number of aromatic nitrogens is 3. The second-order valence-corrected chi connectivity index (χ2v) is 6.86. The highest BCUT2D eigenvalue weighted by atomic mass is 127. The van der Waals surface area contributed by atoms with E-state index < -0.39 is 30.6 Å². The first-order chi connectivity index (χ1) is 10.3. The number of fused-ring (bicyclic) bond motifs is 1. The van der Waals surface area contributed by atoms with E-state index in [-0.39, 0.29) is 11.1 Å². The highest BCUT2D eigenvalue weighted by Crippen LogP contribution is 2.41. The topological polar surface area (TPSA) is 127 Å². The molecule has 0 aromatic carbocycles. The van der Waals surface area contributed by atoms with Crippen LogP contribution in [0.3, 0.4) is 0 Å². The van der Waals surface area contributed by atoms with Gasteiger partial charge >= 0.3 is 0 Å². The lowest BCUT2D eigenvalue weighted by molar-refractivity contribution is -0.0948. The molecule has 0 radical (unpaired) electrons. The molecule has 4 atom stereocenters. The number of rotatable bonds is 2. The van der Waals surface area contributed by atoms with Crippen LogP contribution in [0, 0.1) is 3.57 Å². The number of aliphatic hydroxyl groups is 3. The van der Waals surface area contributed by atoms with Crippen molar-refractivity contribution in [2.24, 2.45) is 0 Å². The van der Waals surface area contributed by atoms with E-state index in [4.69, 9.17) is 22.1 Å². The van der Waals surface area contributed by atoms with Crippen molar-refractivity contribution >= 4 is 51.2 Å². The van der Waals surface area contributed by atoms with Crippen LogP contribution in [0.25, 0.3) is 11.0 Å². The van der Waals surface area contributed by atoms with Crippen LogP contribution in [0.4, 0.5) is 5.95 Å². The Kier molecular flexibility index (Phi) is 3.98. The Bertz CT molecular complexity index is 737. The van der Waals surface area contributed by atoms with E-state index in [0.29, 0.717) is 11.0 Å². The van der Waals surface area contributed by atoms with E-state index in [1.165, 1.54) is 6.92 Å². The minimum absolute atomic E-state index is 0.00912. The number of nitrogen functional groups attached to an aromatic ring is 1. The molecule has 1 fully saturated rings. The Hall–Kier alpha value is -0.720. The Morgan fingerprint density at radius 2 is 2.23 bits per heavy atom. The second-order valence-electron chi connectivity index (χ2n) is 5.34. The number of nitrogens with two attached hydrogens (primary N) is 1. The Balaban J connectivity index is 2.19. The SMILES string of the molecule is CC1(O)C(O)C(CO)OC1n1cc(I)c2c(Cl)nc(N)nc21. The minimum Gasteiger partial charge on any atom is -0.394 e. The number of hydrogen-bond acceptors (Lipinski definition) is 7. The summed E-state index contributed by atoms with van der Waals surface area (Å²) >= 11 is 8.16. The Morgan fingerprint density at radius 3 is 2.82 bits per heavy atom. The number of ether oxygens (including phenoxy) is 1. The molecule has 0 amide bonds. The summed E-state index contributed by atoms with van der Waals surface area (Å²) in [4.78, 5) is 8.05. The molecule has 3 heterocycles. The molecule has 3 rings (SSSR count). The van der Waals surface area contributed by atoms with Gasteiger partial charge in [0.05, 0.1) is 12.0 Å². The van der Waals surface area contributed by atoms with Gasteiger partial charge in [0.2, 0.25) is 5.95 Å². The van der Waals surface area contributed by atoms with Gasteiger partial charge in [-0.2, -0.15) is 4.98 Å². The molecule has 5 N–H and O–H groups in total. The molecular formula is C12H14ClIN4O4. The number of nitrogens with zero attached hydrogens (tertiary/aromatic N) is 3. The molecule has 120 valence electrons. The van der Waals surface area contributed by atoms with Crippen LogP contribution in [0.2, 0.25) is 5.15 Å². The smallest absolute Gasteiger partial charge is 0.223 e. The van der Waals surface area contributed by atoms with Gasteiger partial charge in [-0.3, -0.25) is 0 Å². The maximum absolute atomic E-state index is 10.6. The van der Waals surface area contributed by atoms with Crippen molar-refractivity contribution in [3.05, 3.63) is 14.9 Å². The summed E-state index contributed by atoms with van der Waals surface area (Å²) in [5.41, 5.74) is 4.41. The maximum atomic E-state index is 10.6. The van der Waals surface area contributed by atoms with Gasteiger partial charge in [-0.05, 0) is 29.5 Å². The van der Waals surface area contributed by atoms with Crippen molar-refractivity contribution in [3.63, 3.8) is 0 Å². The minimum atomic E-state index is -1.62. The van der Waals surface area contributed by atoms with E-state index in [0.717, 1.165) is 3.57 Å².